The van der Waals surface area contributed by atoms with Crippen LogP contribution < -0.4 is 0 Å². The van der Waals surface area contributed by atoms with Gasteiger partial charge in [-0.3, -0.25) is 0 Å². The zero-order valence-electron chi connectivity index (χ0n) is 11.1. The summed E-state index contributed by atoms with van der Waals surface area (Å²) in [6.45, 7) is 6.22. The molecule has 0 saturated carbocycles. The number of nitrogens with zero attached hydrogens (tertiary/aromatic N) is 2. The summed E-state index contributed by atoms with van der Waals surface area (Å²) >= 11 is 3.33. The SMILES string of the molecule is CC(C)(C)Cc1nc(C(=O)O)c2cc(Br)ccc2n1. The van der Waals surface area contributed by atoms with Gasteiger partial charge in [0, 0.05) is 16.3 Å². The number of fused-ring (bicyclic) bond motifs is 1. The van der Waals surface area contributed by atoms with Gasteiger partial charge in [-0.2, -0.15) is 0 Å². The van der Waals surface area contributed by atoms with Crippen LogP contribution in [0, 0.1) is 5.41 Å². The quantitative estimate of drug-likeness (QED) is 0.916. The van der Waals surface area contributed by atoms with Crippen molar-refractivity contribution in [2.75, 3.05) is 0 Å². The van der Waals surface area contributed by atoms with Gasteiger partial charge in [0.25, 0.3) is 0 Å². The predicted octanol–water partition coefficient (Wildman–Crippen LogP) is 3.68. The molecule has 0 aliphatic heterocycles. The number of carboxylic acid groups (broad SMARTS) is 1. The molecule has 0 bridgehead atoms. The van der Waals surface area contributed by atoms with Crippen LogP contribution in [0.15, 0.2) is 22.7 Å². The molecular formula is C14H15BrN2O2. The van der Waals surface area contributed by atoms with Crippen molar-refractivity contribution in [2.24, 2.45) is 5.41 Å². The van der Waals surface area contributed by atoms with Crippen molar-refractivity contribution in [3.63, 3.8) is 0 Å². The van der Waals surface area contributed by atoms with E-state index >= 15 is 0 Å². The van der Waals surface area contributed by atoms with E-state index in [-0.39, 0.29) is 11.1 Å². The number of aromatic carboxylic acids is 1. The zero-order chi connectivity index (χ0) is 14.2. The van der Waals surface area contributed by atoms with E-state index in [1.54, 1.807) is 12.1 Å². The lowest BCUT2D eigenvalue weighted by Gasteiger charge is -2.17. The summed E-state index contributed by atoms with van der Waals surface area (Å²) in [5.41, 5.74) is 0.735. The molecular weight excluding hydrogens is 308 g/mol. The van der Waals surface area contributed by atoms with Gasteiger partial charge in [-0.25, -0.2) is 14.8 Å². The molecule has 0 saturated heterocycles. The maximum atomic E-state index is 11.3. The summed E-state index contributed by atoms with van der Waals surface area (Å²) in [5.74, 6) is -0.458. The molecule has 19 heavy (non-hydrogen) atoms. The molecule has 0 radical (unpaired) electrons. The van der Waals surface area contributed by atoms with Crippen molar-refractivity contribution in [3.05, 3.63) is 34.2 Å². The minimum atomic E-state index is -1.03. The lowest BCUT2D eigenvalue weighted by molar-refractivity contribution is 0.0692. The first-order valence-corrected chi connectivity index (χ1v) is 6.75. The standard InChI is InChI=1S/C14H15BrN2O2/c1-14(2,3)7-11-16-10-5-4-8(15)6-9(10)12(17-11)13(18)19/h4-6H,7H2,1-3H3,(H,18,19). The zero-order valence-corrected chi connectivity index (χ0v) is 12.7. The number of benzene rings is 1. The summed E-state index contributed by atoms with van der Waals surface area (Å²) in [7, 11) is 0. The number of hydrogen-bond donors (Lipinski definition) is 1. The van der Waals surface area contributed by atoms with E-state index in [0.717, 1.165) is 4.47 Å². The topological polar surface area (TPSA) is 63.1 Å². The fourth-order valence-electron chi connectivity index (χ4n) is 1.87. The van der Waals surface area contributed by atoms with E-state index in [1.165, 1.54) is 0 Å². The second kappa shape index (κ2) is 4.89. The van der Waals surface area contributed by atoms with Crippen LogP contribution in [0.4, 0.5) is 0 Å². The van der Waals surface area contributed by atoms with E-state index < -0.39 is 5.97 Å². The molecule has 0 fully saturated rings. The Morgan fingerprint density at radius 1 is 1.32 bits per heavy atom. The molecule has 0 aliphatic rings. The number of carbonyl (C=O) groups is 1. The summed E-state index contributed by atoms with van der Waals surface area (Å²) in [4.78, 5) is 20.0. The van der Waals surface area contributed by atoms with Crippen LogP contribution in [0.5, 0.6) is 0 Å². The molecule has 100 valence electrons. The third-order valence-corrected chi connectivity index (χ3v) is 3.09. The summed E-state index contributed by atoms with van der Waals surface area (Å²) in [6.07, 6.45) is 0.638. The number of halogens is 1. The van der Waals surface area contributed by atoms with Crippen LogP contribution in [0.1, 0.15) is 37.1 Å². The molecule has 4 nitrogen and oxygen atoms in total. The van der Waals surface area contributed by atoms with E-state index in [1.807, 2.05) is 6.07 Å². The molecule has 1 aromatic heterocycles. The highest BCUT2D eigenvalue weighted by molar-refractivity contribution is 9.10. The van der Waals surface area contributed by atoms with Crippen molar-refractivity contribution in [1.29, 1.82) is 0 Å². The third kappa shape index (κ3) is 3.29. The van der Waals surface area contributed by atoms with Crippen LogP contribution in [-0.2, 0) is 6.42 Å². The normalized spacial score (nSPS) is 11.8. The summed E-state index contributed by atoms with van der Waals surface area (Å²) in [5, 5.41) is 9.85. The smallest absolute Gasteiger partial charge is 0.355 e. The lowest BCUT2D eigenvalue weighted by Crippen LogP contribution is -2.14. The molecule has 2 rings (SSSR count). The Morgan fingerprint density at radius 2 is 2.00 bits per heavy atom. The first kappa shape index (κ1) is 13.9. The second-order valence-corrected chi connectivity index (χ2v) is 6.61. The molecule has 5 heteroatoms. The number of rotatable bonds is 2. The Kier molecular flexibility index (Phi) is 3.58. The van der Waals surface area contributed by atoms with Crippen LogP contribution in [0.25, 0.3) is 10.9 Å². The minimum absolute atomic E-state index is 0.0127. The average Bonchev–Trinajstić information content (AvgIpc) is 2.26. The van der Waals surface area contributed by atoms with Crippen molar-refractivity contribution in [1.82, 2.24) is 9.97 Å². The Labute approximate surface area is 120 Å². The van der Waals surface area contributed by atoms with Crippen LogP contribution in [-0.4, -0.2) is 21.0 Å². The van der Waals surface area contributed by atoms with Gasteiger partial charge in [-0.15, -0.1) is 0 Å². The van der Waals surface area contributed by atoms with Gasteiger partial charge in [0.15, 0.2) is 5.69 Å². The Hall–Kier alpha value is -1.49. The fourth-order valence-corrected chi connectivity index (χ4v) is 2.23. The molecule has 0 atom stereocenters. The highest BCUT2D eigenvalue weighted by Gasteiger charge is 2.18. The second-order valence-electron chi connectivity index (χ2n) is 5.69. The molecule has 1 N–H and O–H groups in total. The van der Waals surface area contributed by atoms with Gasteiger partial charge in [-0.05, 0) is 23.6 Å². The largest absolute Gasteiger partial charge is 0.476 e. The monoisotopic (exact) mass is 322 g/mol. The molecule has 1 heterocycles. The van der Waals surface area contributed by atoms with Gasteiger partial charge in [-0.1, -0.05) is 36.7 Å². The fraction of sp³-hybridized carbons (Fsp3) is 0.357. The maximum Gasteiger partial charge on any atom is 0.355 e. The Balaban J connectivity index is 2.65. The Morgan fingerprint density at radius 3 is 2.58 bits per heavy atom. The average molecular weight is 323 g/mol. The molecule has 2 aromatic rings. The van der Waals surface area contributed by atoms with Gasteiger partial charge in [0.05, 0.1) is 5.52 Å². The first-order chi connectivity index (χ1) is 8.76. The molecule has 0 aliphatic carbocycles. The highest BCUT2D eigenvalue weighted by atomic mass is 79.9. The van der Waals surface area contributed by atoms with E-state index in [9.17, 15) is 9.90 Å². The van der Waals surface area contributed by atoms with Gasteiger partial charge >= 0.3 is 5.97 Å². The molecule has 0 unspecified atom stereocenters. The first-order valence-electron chi connectivity index (χ1n) is 5.96. The summed E-state index contributed by atoms with van der Waals surface area (Å²) in [6, 6.07) is 5.39. The maximum absolute atomic E-state index is 11.3. The van der Waals surface area contributed by atoms with Crippen molar-refractivity contribution in [2.45, 2.75) is 27.2 Å². The van der Waals surface area contributed by atoms with Crippen molar-refractivity contribution >= 4 is 32.8 Å². The van der Waals surface area contributed by atoms with E-state index in [2.05, 4.69) is 46.7 Å². The summed E-state index contributed by atoms with van der Waals surface area (Å²) < 4.78 is 0.815. The highest BCUT2D eigenvalue weighted by Crippen LogP contribution is 2.24. The third-order valence-electron chi connectivity index (χ3n) is 2.60. The van der Waals surface area contributed by atoms with Crippen LogP contribution >= 0.6 is 15.9 Å². The van der Waals surface area contributed by atoms with Crippen molar-refractivity contribution in [3.8, 4) is 0 Å². The molecule has 1 aromatic carbocycles. The Bertz CT molecular complexity index is 648. The number of hydrogen-bond acceptors (Lipinski definition) is 3. The van der Waals surface area contributed by atoms with Crippen LogP contribution in [0.3, 0.4) is 0 Å². The number of aromatic nitrogens is 2. The van der Waals surface area contributed by atoms with E-state index in [0.29, 0.717) is 23.1 Å². The molecule has 0 spiro atoms. The van der Waals surface area contributed by atoms with Gasteiger partial charge in [0.1, 0.15) is 5.82 Å². The minimum Gasteiger partial charge on any atom is -0.476 e. The number of carboxylic acids is 1. The lowest BCUT2D eigenvalue weighted by atomic mass is 9.92. The predicted molar refractivity (Wildman–Crippen MR) is 77.4 cm³/mol. The van der Waals surface area contributed by atoms with Crippen LogP contribution in [0.2, 0.25) is 0 Å². The van der Waals surface area contributed by atoms with Gasteiger partial charge in [0.2, 0.25) is 0 Å². The van der Waals surface area contributed by atoms with E-state index in [4.69, 9.17) is 0 Å². The van der Waals surface area contributed by atoms with Gasteiger partial charge < -0.3 is 5.11 Å². The molecule has 0 amide bonds. The van der Waals surface area contributed by atoms with Crippen molar-refractivity contribution < 1.29 is 9.90 Å².